The van der Waals surface area contributed by atoms with Crippen LogP contribution < -0.4 is 5.32 Å². The molecule has 0 spiro atoms. The third-order valence-electron chi connectivity index (χ3n) is 2.25. The average molecular weight is 204 g/mol. The number of rotatable bonds is 3. The lowest BCUT2D eigenvalue weighted by molar-refractivity contribution is 0.169. The molecule has 0 radical (unpaired) electrons. The molecule has 1 aromatic heterocycles. The molecule has 1 aromatic rings. The van der Waals surface area contributed by atoms with Gasteiger partial charge in [0.05, 0.1) is 6.54 Å². The van der Waals surface area contributed by atoms with Crippen LogP contribution in [0, 0.1) is 0 Å². The van der Waals surface area contributed by atoms with Crippen molar-refractivity contribution < 1.29 is 0 Å². The van der Waals surface area contributed by atoms with E-state index >= 15 is 0 Å². The predicted molar refractivity (Wildman–Crippen MR) is 51.8 cm³/mol. The SMILES string of the molecule is CN(Cc1ncn[nH]1)C1CNC1.Cl. The van der Waals surface area contributed by atoms with Crippen LogP contribution in [-0.2, 0) is 6.54 Å². The smallest absolute Gasteiger partial charge is 0.138 e. The maximum atomic E-state index is 4.07. The summed E-state index contributed by atoms with van der Waals surface area (Å²) < 4.78 is 0. The van der Waals surface area contributed by atoms with Gasteiger partial charge in [-0.2, -0.15) is 5.10 Å². The van der Waals surface area contributed by atoms with Gasteiger partial charge in [-0.15, -0.1) is 12.4 Å². The number of halogens is 1. The molecule has 2 rings (SSSR count). The number of aromatic nitrogens is 3. The Morgan fingerprint density at radius 3 is 2.85 bits per heavy atom. The summed E-state index contributed by atoms with van der Waals surface area (Å²) in [7, 11) is 2.11. The summed E-state index contributed by atoms with van der Waals surface area (Å²) in [5.41, 5.74) is 0. The molecule has 0 aliphatic carbocycles. The molecule has 1 aliphatic rings. The van der Waals surface area contributed by atoms with Gasteiger partial charge in [0, 0.05) is 19.1 Å². The second-order valence-electron chi connectivity index (χ2n) is 3.16. The highest BCUT2D eigenvalue weighted by Crippen LogP contribution is 2.04. The zero-order valence-corrected chi connectivity index (χ0v) is 8.34. The molecule has 2 N–H and O–H groups in total. The Bertz CT molecular complexity index is 233. The van der Waals surface area contributed by atoms with Gasteiger partial charge in [-0.1, -0.05) is 0 Å². The van der Waals surface area contributed by atoms with Crippen LogP contribution in [0.1, 0.15) is 5.82 Å². The van der Waals surface area contributed by atoms with Gasteiger partial charge in [0.25, 0.3) is 0 Å². The van der Waals surface area contributed by atoms with Crippen LogP contribution in [0.4, 0.5) is 0 Å². The predicted octanol–water partition coefficient (Wildman–Crippen LogP) is -0.370. The quantitative estimate of drug-likeness (QED) is 0.704. The van der Waals surface area contributed by atoms with Gasteiger partial charge >= 0.3 is 0 Å². The van der Waals surface area contributed by atoms with Crippen molar-refractivity contribution in [3.05, 3.63) is 12.2 Å². The lowest BCUT2D eigenvalue weighted by Gasteiger charge is -2.34. The number of nitrogens with one attached hydrogen (secondary N) is 2. The Balaban J connectivity index is 0.000000845. The molecule has 6 heteroatoms. The molecular formula is C7H14ClN5. The van der Waals surface area contributed by atoms with E-state index in [4.69, 9.17) is 0 Å². The molecule has 74 valence electrons. The van der Waals surface area contributed by atoms with E-state index in [1.807, 2.05) is 0 Å². The number of nitrogens with zero attached hydrogens (tertiary/aromatic N) is 3. The van der Waals surface area contributed by atoms with Crippen LogP contribution >= 0.6 is 12.4 Å². The van der Waals surface area contributed by atoms with E-state index in [1.165, 1.54) is 0 Å². The Morgan fingerprint density at radius 2 is 2.38 bits per heavy atom. The van der Waals surface area contributed by atoms with Crippen molar-refractivity contribution in [1.29, 1.82) is 0 Å². The molecule has 13 heavy (non-hydrogen) atoms. The van der Waals surface area contributed by atoms with Crippen LogP contribution in [0.3, 0.4) is 0 Å². The van der Waals surface area contributed by atoms with Crippen LogP contribution in [0.15, 0.2) is 6.33 Å². The fraction of sp³-hybridized carbons (Fsp3) is 0.714. The molecule has 0 amide bonds. The van der Waals surface area contributed by atoms with Gasteiger partial charge < -0.3 is 5.32 Å². The Labute approximate surface area is 83.3 Å². The van der Waals surface area contributed by atoms with Crippen molar-refractivity contribution >= 4 is 12.4 Å². The van der Waals surface area contributed by atoms with E-state index in [0.717, 1.165) is 25.5 Å². The fourth-order valence-electron chi connectivity index (χ4n) is 1.26. The minimum absolute atomic E-state index is 0. The Kier molecular flexibility index (Phi) is 3.65. The van der Waals surface area contributed by atoms with E-state index in [2.05, 4.69) is 32.4 Å². The zero-order chi connectivity index (χ0) is 8.39. The van der Waals surface area contributed by atoms with E-state index < -0.39 is 0 Å². The van der Waals surface area contributed by atoms with Crippen LogP contribution in [0.2, 0.25) is 0 Å². The first-order valence-electron chi connectivity index (χ1n) is 4.11. The molecule has 0 unspecified atom stereocenters. The van der Waals surface area contributed by atoms with Crippen molar-refractivity contribution in [1.82, 2.24) is 25.4 Å². The first-order valence-corrected chi connectivity index (χ1v) is 4.11. The minimum Gasteiger partial charge on any atom is -0.314 e. The first-order chi connectivity index (χ1) is 5.86. The van der Waals surface area contributed by atoms with Crippen molar-refractivity contribution in [3.8, 4) is 0 Å². The van der Waals surface area contributed by atoms with Crippen molar-refractivity contribution in [2.45, 2.75) is 12.6 Å². The van der Waals surface area contributed by atoms with Crippen LogP contribution in [-0.4, -0.2) is 46.3 Å². The summed E-state index contributed by atoms with van der Waals surface area (Å²) in [6, 6.07) is 0.662. The van der Waals surface area contributed by atoms with E-state index in [-0.39, 0.29) is 12.4 Å². The lowest BCUT2D eigenvalue weighted by atomic mass is 10.1. The highest BCUT2D eigenvalue weighted by molar-refractivity contribution is 5.85. The molecule has 0 bridgehead atoms. The standard InChI is InChI=1S/C7H13N5.ClH/c1-12(6-2-8-3-6)4-7-9-5-10-11-7;/h5-6,8H,2-4H2,1H3,(H,9,10,11);1H. The molecule has 2 heterocycles. The molecular weight excluding hydrogens is 190 g/mol. The number of aromatic amines is 1. The Morgan fingerprint density at radius 1 is 1.62 bits per heavy atom. The summed E-state index contributed by atoms with van der Waals surface area (Å²) >= 11 is 0. The van der Waals surface area contributed by atoms with E-state index in [1.54, 1.807) is 6.33 Å². The van der Waals surface area contributed by atoms with Crippen molar-refractivity contribution in [2.24, 2.45) is 0 Å². The third kappa shape index (κ3) is 2.40. The topological polar surface area (TPSA) is 56.8 Å². The van der Waals surface area contributed by atoms with Gasteiger partial charge in [0.1, 0.15) is 12.2 Å². The van der Waals surface area contributed by atoms with E-state index in [9.17, 15) is 0 Å². The van der Waals surface area contributed by atoms with Gasteiger partial charge in [0.15, 0.2) is 0 Å². The third-order valence-corrected chi connectivity index (χ3v) is 2.25. The van der Waals surface area contributed by atoms with Crippen molar-refractivity contribution in [2.75, 3.05) is 20.1 Å². The molecule has 1 fully saturated rings. The summed E-state index contributed by atoms with van der Waals surface area (Å²) in [6.07, 6.45) is 1.54. The monoisotopic (exact) mass is 203 g/mol. The highest BCUT2D eigenvalue weighted by Gasteiger charge is 2.21. The normalized spacial score (nSPS) is 16.8. The molecule has 5 nitrogen and oxygen atoms in total. The van der Waals surface area contributed by atoms with Gasteiger partial charge in [-0.05, 0) is 7.05 Å². The first kappa shape index (κ1) is 10.4. The number of H-pyrrole nitrogens is 1. The second kappa shape index (κ2) is 4.55. The minimum atomic E-state index is 0. The summed E-state index contributed by atoms with van der Waals surface area (Å²) in [4.78, 5) is 6.34. The maximum Gasteiger partial charge on any atom is 0.138 e. The Hall–Kier alpha value is -0.650. The number of hydrogen-bond acceptors (Lipinski definition) is 4. The van der Waals surface area contributed by atoms with Crippen LogP contribution in [0.5, 0.6) is 0 Å². The zero-order valence-electron chi connectivity index (χ0n) is 7.53. The average Bonchev–Trinajstić information content (AvgIpc) is 2.34. The molecule has 0 atom stereocenters. The molecule has 0 saturated carbocycles. The second-order valence-corrected chi connectivity index (χ2v) is 3.16. The highest BCUT2D eigenvalue weighted by atomic mass is 35.5. The summed E-state index contributed by atoms with van der Waals surface area (Å²) in [5, 5.41) is 9.88. The number of hydrogen-bond donors (Lipinski definition) is 2. The number of likely N-dealkylation sites (N-methyl/N-ethyl adjacent to an activating group) is 1. The summed E-state index contributed by atoms with van der Waals surface area (Å²) in [6.45, 7) is 3.03. The molecule has 1 saturated heterocycles. The van der Waals surface area contributed by atoms with Gasteiger partial charge in [0.2, 0.25) is 0 Å². The van der Waals surface area contributed by atoms with Crippen molar-refractivity contribution in [3.63, 3.8) is 0 Å². The maximum absolute atomic E-state index is 4.07. The van der Waals surface area contributed by atoms with Crippen LogP contribution in [0.25, 0.3) is 0 Å². The van der Waals surface area contributed by atoms with E-state index in [0.29, 0.717) is 6.04 Å². The molecule has 1 aliphatic heterocycles. The lowest BCUT2D eigenvalue weighted by Crippen LogP contribution is -2.55. The van der Waals surface area contributed by atoms with Gasteiger partial charge in [-0.25, -0.2) is 4.98 Å². The summed E-state index contributed by atoms with van der Waals surface area (Å²) in [5.74, 6) is 0.935. The van der Waals surface area contributed by atoms with Gasteiger partial charge in [-0.3, -0.25) is 10.00 Å². The molecule has 0 aromatic carbocycles. The fourth-order valence-corrected chi connectivity index (χ4v) is 1.26. The largest absolute Gasteiger partial charge is 0.314 e.